The zero-order chi connectivity index (χ0) is 36.1. The van der Waals surface area contributed by atoms with Gasteiger partial charge in [-0.3, -0.25) is 0 Å². The third-order valence-electron chi connectivity index (χ3n) is 9.67. The molecule has 254 valence electrons. The highest BCUT2D eigenvalue weighted by Crippen LogP contribution is 2.36. The maximum Gasteiger partial charge on any atom is 0.164 e. The van der Waals surface area contributed by atoms with Crippen LogP contribution in [0, 0.1) is 0 Å². The van der Waals surface area contributed by atoms with Crippen molar-refractivity contribution in [1.29, 1.82) is 0 Å². The van der Waals surface area contributed by atoms with Gasteiger partial charge >= 0.3 is 0 Å². The van der Waals surface area contributed by atoms with Gasteiger partial charge < -0.3 is 0 Å². The summed E-state index contributed by atoms with van der Waals surface area (Å²) in [6, 6.07) is 74.1. The fourth-order valence-corrected chi connectivity index (χ4v) is 6.93. The fraction of sp³-hybridized carbons (Fsp3) is 0. The summed E-state index contributed by atoms with van der Waals surface area (Å²) in [5, 5.41) is 0. The van der Waals surface area contributed by atoms with Crippen molar-refractivity contribution < 1.29 is 0 Å². The molecule has 0 aliphatic rings. The van der Waals surface area contributed by atoms with Gasteiger partial charge in [-0.25, -0.2) is 15.0 Å². The maximum absolute atomic E-state index is 5.30. The SMILES string of the molecule is c1ccc(-c2cccc(-c3nc(-c4cc(-c5ccccc5)cc(-c5ccccc5)c4)nc(-c4cc(-c5ccccc5)cc(-c5ccccc5)c4)n3)c2)cc1. The van der Waals surface area contributed by atoms with E-state index in [-0.39, 0.29) is 0 Å². The molecule has 54 heavy (non-hydrogen) atoms. The Labute approximate surface area is 316 Å². The van der Waals surface area contributed by atoms with E-state index in [9.17, 15) is 0 Å². The van der Waals surface area contributed by atoms with Crippen molar-refractivity contribution in [2.75, 3.05) is 0 Å². The third kappa shape index (κ3) is 6.99. The first-order valence-electron chi connectivity index (χ1n) is 18.2. The van der Waals surface area contributed by atoms with E-state index in [1.165, 1.54) is 0 Å². The zero-order valence-corrected chi connectivity index (χ0v) is 29.5. The maximum atomic E-state index is 5.30. The van der Waals surface area contributed by atoms with Crippen molar-refractivity contribution >= 4 is 0 Å². The topological polar surface area (TPSA) is 38.7 Å². The average Bonchev–Trinajstić information content (AvgIpc) is 3.27. The Bertz CT molecular complexity index is 2420. The summed E-state index contributed by atoms with van der Waals surface area (Å²) in [4.78, 5) is 15.8. The molecule has 0 atom stereocenters. The van der Waals surface area contributed by atoms with Crippen molar-refractivity contribution in [3.05, 3.63) is 212 Å². The van der Waals surface area contributed by atoms with E-state index >= 15 is 0 Å². The molecule has 3 heteroatoms. The molecule has 0 aliphatic heterocycles. The fourth-order valence-electron chi connectivity index (χ4n) is 6.93. The van der Waals surface area contributed by atoms with Crippen LogP contribution in [0.15, 0.2) is 212 Å². The predicted octanol–water partition coefficient (Wildman–Crippen LogP) is 13.2. The van der Waals surface area contributed by atoms with Crippen LogP contribution >= 0.6 is 0 Å². The number of nitrogens with zero attached hydrogens (tertiary/aromatic N) is 3. The molecule has 9 aromatic rings. The molecule has 0 unspecified atom stereocenters. The highest BCUT2D eigenvalue weighted by Gasteiger charge is 2.17. The molecule has 9 rings (SSSR count). The highest BCUT2D eigenvalue weighted by atomic mass is 15.0. The van der Waals surface area contributed by atoms with E-state index in [1.54, 1.807) is 0 Å². The first kappa shape index (κ1) is 32.7. The normalized spacial score (nSPS) is 11.0. The van der Waals surface area contributed by atoms with Crippen LogP contribution in [0.5, 0.6) is 0 Å². The molecule has 1 aromatic heterocycles. The molecule has 0 fully saturated rings. The minimum atomic E-state index is 0.612. The van der Waals surface area contributed by atoms with Gasteiger partial charge in [0, 0.05) is 16.7 Å². The molecule has 0 N–H and O–H groups in total. The van der Waals surface area contributed by atoms with Crippen LogP contribution in [0.2, 0.25) is 0 Å². The van der Waals surface area contributed by atoms with Gasteiger partial charge in [-0.2, -0.15) is 0 Å². The van der Waals surface area contributed by atoms with E-state index in [4.69, 9.17) is 15.0 Å². The second-order valence-electron chi connectivity index (χ2n) is 13.3. The Morgan fingerprint density at radius 2 is 0.389 bits per heavy atom. The Kier molecular flexibility index (Phi) is 8.94. The molecule has 0 spiro atoms. The van der Waals surface area contributed by atoms with E-state index in [2.05, 4.69) is 182 Å². The van der Waals surface area contributed by atoms with Gasteiger partial charge in [0.25, 0.3) is 0 Å². The summed E-state index contributed by atoms with van der Waals surface area (Å²) in [6.45, 7) is 0. The van der Waals surface area contributed by atoms with E-state index in [0.29, 0.717) is 17.5 Å². The molecule has 1 heterocycles. The van der Waals surface area contributed by atoms with Crippen molar-refractivity contribution in [3.8, 4) is 89.8 Å². The largest absolute Gasteiger partial charge is 0.208 e. The standard InChI is InChI=1S/C51H35N3/c1-6-17-36(18-7-1)41-27-16-28-42(29-41)49-52-50(47-32-43(37-19-8-2-9-20-37)30-44(33-47)38-21-10-3-11-22-38)54-51(53-49)48-34-45(39-23-12-4-13-24-39)31-46(35-48)40-25-14-5-15-26-40/h1-35H. The van der Waals surface area contributed by atoms with Crippen LogP contribution in [0.4, 0.5) is 0 Å². The molecule has 0 saturated heterocycles. The zero-order valence-electron chi connectivity index (χ0n) is 29.5. The minimum Gasteiger partial charge on any atom is -0.208 e. The number of hydrogen-bond acceptors (Lipinski definition) is 3. The Morgan fingerprint density at radius 3 is 0.722 bits per heavy atom. The van der Waals surface area contributed by atoms with E-state index in [0.717, 1.165) is 72.3 Å². The van der Waals surface area contributed by atoms with Gasteiger partial charge in [0.15, 0.2) is 17.5 Å². The first-order valence-corrected chi connectivity index (χ1v) is 18.2. The van der Waals surface area contributed by atoms with Crippen LogP contribution in [-0.2, 0) is 0 Å². The molecule has 0 bridgehead atoms. The summed E-state index contributed by atoms with van der Waals surface area (Å²) in [6.07, 6.45) is 0. The van der Waals surface area contributed by atoms with Crippen LogP contribution < -0.4 is 0 Å². The highest BCUT2D eigenvalue weighted by molar-refractivity contribution is 5.83. The lowest BCUT2D eigenvalue weighted by Gasteiger charge is -2.14. The van der Waals surface area contributed by atoms with Crippen LogP contribution in [-0.4, -0.2) is 15.0 Å². The quantitative estimate of drug-likeness (QED) is 0.159. The summed E-state index contributed by atoms with van der Waals surface area (Å²) in [5.74, 6) is 1.84. The van der Waals surface area contributed by atoms with Crippen LogP contribution in [0.25, 0.3) is 89.8 Å². The molecule has 0 aliphatic carbocycles. The van der Waals surface area contributed by atoms with Gasteiger partial charge in [-0.05, 0) is 98.1 Å². The van der Waals surface area contributed by atoms with Crippen LogP contribution in [0.3, 0.4) is 0 Å². The summed E-state index contributed by atoms with van der Waals surface area (Å²) in [5.41, 5.74) is 13.9. The summed E-state index contributed by atoms with van der Waals surface area (Å²) in [7, 11) is 0. The second-order valence-corrected chi connectivity index (χ2v) is 13.3. The predicted molar refractivity (Wildman–Crippen MR) is 223 cm³/mol. The van der Waals surface area contributed by atoms with Crippen molar-refractivity contribution in [2.45, 2.75) is 0 Å². The third-order valence-corrected chi connectivity index (χ3v) is 9.67. The lowest BCUT2D eigenvalue weighted by Crippen LogP contribution is -2.01. The van der Waals surface area contributed by atoms with E-state index < -0.39 is 0 Å². The van der Waals surface area contributed by atoms with Crippen molar-refractivity contribution in [2.24, 2.45) is 0 Å². The van der Waals surface area contributed by atoms with Gasteiger partial charge in [0.2, 0.25) is 0 Å². The first-order chi connectivity index (χ1) is 26.7. The summed E-state index contributed by atoms with van der Waals surface area (Å²) < 4.78 is 0. The average molecular weight is 690 g/mol. The van der Waals surface area contributed by atoms with Gasteiger partial charge in [-0.15, -0.1) is 0 Å². The number of rotatable bonds is 8. The Morgan fingerprint density at radius 1 is 0.167 bits per heavy atom. The molecule has 8 aromatic carbocycles. The van der Waals surface area contributed by atoms with E-state index in [1.807, 2.05) is 30.3 Å². The monoisotopic (exact) mass is 689 g/mol. The number of aromatic nitrogens is 3. The Balaban J connectivity index is 1.28. The minimum absolute atomic E-state index is 0.612. The molecular formula is C51H35N3. The molecule has 0 amide bonds. The lowest BCUT2D eigenvalue weighted by molar-refractivity contribution is 1.07. The second kappa shape index (κ2) is 14.8. The molecule has 0 saturated carbocycles. The molecule has 3 nitrogen and oxygen atoms in total. The van der Waals surface area contributed by atoms with Gasteiger partial charge in [-0.1, -0.05) is 170 Å². The van der Waals surface area contributed by atoms with Gasteiger partial charge in [0.05, 0.1) is 0 Å². The Hall–Kier alpha value is -7.23. The lowest BCUT2D eigenvalue weighted by atomic mass is 9.95. The van der Waals surface area contributed by atoms with Crippen molar-refractivity contribution in [1.82, 2.24) is 15.0 Å². The van der Waals surface area contributed by atoms with Crippen molar-refractivity contribution in [3.63, 3.8) is 0 Å². The number of benzene rings is 8. The smallest absolute Gasteiger partial charge is 0.164 e. The number of hydrogen-bond donors (Lipinski definition) is 0. The summed E-state index contributed by atoms with van der Waals surface area (Å²) >= 11 is 0. The van der Waals surface area contributed by atoms with Crippen LogP contribution in [0.1, 0.15) is 0 Å². The molecular weight excluding hydrogens is 655 g/mol. The molecule has 0 radical (unpaired) electrons. The van der Waals surface area contributed by atoms with Gasteiger partial charge in [0.1, 0.15) is 0 Å².